The zero-order valence-corrected chi connectivity index (χ0v) is 8.91. The minimum Gasteiger partial charge on any atom is -0.454 e. The van der Waals surface area contributed by atoms with Gasteiger partial charge in [0.1, 0.15) is 10.9 Å². The van der Waals surface area contributed by atoms with Crippen molar-refractivity contribution in [1.29, 1.82) is 0 Å². The molecule has 0 bridgehead atoms. The van der Waals surface area contributed by atoms with Gasteiger partial charge in [-0.05, 0) is 18.2 Å². The van der Waals surface area contributed by atoms with Gasteiger partial charge in [-0.3, -0.25) is 0 Å². The Morgan fingerprint density at radius 3 is 2.75 bits per heavy atom. The molecule has 0 aliphatic heterocycles. The first-order valence-electron chi connectivity index (χ1n) is 4.49. The lowest BCUT2D eigenvalue weighted by atomic mass is 10.3. The number of nitrogen functional groups attached to an aromatic ring is 1. The van der Waals surface area contributed by atoms with Crippen LogP contribution in [0.5, 0.6) is 11.5 Å². The van der Waals surface area contributed by atoms with Gasteiger partial charge in [-0.15, -0.1) is 0 Å². The summed E-state index contributed by atoms with van der Waals surface area (Å²) in [6.07, 6.45) is 1.48. The molecule has 0 radical (unpaired) electrons. The van der Waals surface area contributed by atoms with Crippen molar-refractivity contribution in [2.45, 2.75) is 0 Å². The molecular formula is C11H8ClFN2O. The SMILES string of the molecule is Nc1ccc(Oc2ccnc(Cl)c2)c(F)c1. The van der Waals surface area contributed by atoms with Crippen molar-refractivity contribution in [3.63, 3.8) is 0 Å². The van der Waals surface area contributed by atoms with Crippen LogP contribution in [0.25, 0.3) is 0 Å². The Morgan fingerprint density at radius 1 is 1.25 bits per heavy atom. The summed E-state index contributed by atoms with van der Waals surface area (Å²) in [6.45, 7) is 0. The quantitative estimate of drug-likeness (QED) is 0.645. The predicted molar refractivity (Wildman–Crippen MR) is 60.1 cm³/mol. The van der Waals surface area contributed by atoms with Gasteiger partial charge >= 0.3 is 0 Å². The lowest BCUT2D eigenvalue weighted by molar-refractivity contribution is 0.442. The smallest absolute Gasteiger partial charge is 0.167 e. The average Bonchev–Trinajstić information content (AvgIpc) is 2.22. The van der Waals surface area contributed by atoms with Gasteiger partial charge in [0, 0.05) is 24.0 Å². The number of pyridine rings is 1. The summed E-state index contributed by atoms with van der Waals surface area (Å²) in [5.41, 5.74) is 5.76. The summed E-state index contributed by atoms with van der Waals surface area (Å²) in [7, 11) is 0. The molecule has 2 aromatic rings. The average molecular weight is 239 g/mol. The lowest BCUT2D eigenvalue weighted by Crippen LogP contribution is -1.91. The fourth-order valence-corrected chi connectivity index (χ4v) is 1.34. The Morgan fingerprint density at radius 2 is 2.06 bits per heavy atom. The number of ether oxygens (including phenoxy) is 1. The van der Waals surface area contributed by atoms with E-state index in [-0.39, 0.29) is 10.9 Å². The maximum absolute atomic E-state index is 13.4. The minimum atomic E-state index is -0.520. The van der Waals surface area contributed by atoms with Gasteiger partial charge < -0.3 is 10.5 Å². The number of hydrogen-bond donors (Lipinski definition) is 1. The molecule has 0 aliphatic carbocycles. The molecule has 0 amide bonds. The van der Waals surface area contributed by atoms with Gasteiger partial charge in [0.2, 0.25) is 0 Å². The Labute approximate surface area is 96.6 Å². The van der Waals surface area contributed by atoms with Crippen molar-refractivity contribution in [1.82, 2.24) is 4.98 Å². The first-order valence-corrected chi connectivity index (χ1v) is 4.87. The summed E-state index contributed by atoms with van der Waals surface area (Å²) >= 11 is 5.67. The fraction of sp³-hybridized carbons (Fsp3) is 0. The highest BCUT2D eigenvalue weighted by Crippen LogP contribution is 2.26. The van der Waals surface area contributed by atoms with Crippen LogP contribution in [0.2, 0.25) is 5.15 Å². The number of rotatable bonds is 2. The van der Waals surface area contributed by atoms with E-state index in [1.807, 2.05) is 0 Å². The molecule has 82 valence electrons. The third-order valence-corrected chi connectivity index (χ3v) is 2.09. The van der Waals surface area contributed by atoms with E-state index in [9.17, 15) is 4.39 Å². The number of anilines is 1. The third-order valence-electron chi connectivity index (χ3n) is 1.88. The Hall–Kier alpha value is -1.81. The molecule has 1 aromatic heterocycles. The van der Waals surface area contributed by atoms with Gasteiger partial charge in [0.25, 0.3) is 0 Å². The lowest BCUT2D eigenvalue weighted by Gasteiger charge is -2.06. The first kappa shape index (κ1) is 10.7. The van der Waals surface area contributed by atoms with Crippen molar-refractivity contribution in [2.24, 2.45) is 0 Å². The van der Waals surface area contributed by atoms with E-state index in [4.69, 9.17) is 22.1 Å². The van der Waals surface area contributed by atoms with Crippen molar-refractivity contribution >= 4 is 17.3 Å². The molecule has 0 spiro atoms. The molecule has 2 rings (SSSR count). The molecule has 0 fully saturated rings. The summed E-state index contributed by atoms with van der Waals surface area (Å²) in [4.78, 5) is 3.79. The molecule has 0 atom stereocenters. The highest BCUT2D eigenvalue weighted by atomic mass is 35.5. The van der Waals surface area contributed by atoms with Gasteiger partial charge in [0.05, 0.1) is 0 Å². The Bertz CT molecular complexity index is 519. The molecule has 5 heteroatoms. The van der Waals surface area contributed by atoms with Crippen molar-refractivity contribution < 1.29 is 9.13 Å². The number of halogens is 2. The van der Waals surface area contributed by atoms with E-state index < -0.39 is 5.82 Å². The van der Waals surface area contributed by atoms with Gasteiger partial charge in [0.15, 0.2) is 11.6 Å². The Balaban J connectivity index is 2.27. The van der Waals surface area contributed by atoms with E-state index in [0.29, 0.717) is 11.4 Å². The first-order chi connectivity index (χ1) is 7.65. The van der Waals surface area contributed by atoms with Crippen LogP contribution in [-0.2, 0) is 0 Å². The molecule has 16 heavy (non-hydrogen) atoms. The normalized spacial score (nSPS) is 10.1. The molecule has 1 aromatic carbocycles. The number of nitrogens with two attached hydrogens (primary N) is 1. The molecule has 0 saturated carbocycles. The van der Waals surface area contributed by atoms with E-state index in [1.165, 1.54) is 24.4 Å². The van der Waals surface area contributed by atoms with Crippen LogP contribution in [0, 0.1) is 5.82 Å². The predicted octanol–water partition coefficient (Wildman–Crippen LogP) is 3.25. The van der Waals surface area contributed by atoms with E-state index in [0.717, 1.165) is 0 Å². The second kappa shape index (κ2) is 4.37. The van der Waals surface area contributed by atoms with Crippen molar-refractivity contribution in [3.05, 3.63) is 47.5 Å². The van der Waals surface area contributed by atoms with Gasteiger partial charge in [-0.25, -0.2) is 9.37 Å². The topological polar surface area (TPSA) is 48.1 Å². The highest BCUT2D eigenvalue weighted by Gasteiger charge is 2.05. The monoisotopic (exact) mass is 238 g/mol. The Kier molecular flexibility index (Phi) is 2.92. The summed E-state index contributed by atoms with van der Waals surface area (Å²) in [6, 6.07) is 7.29. The van der Waals surface area contributed by atoms with Crippen LogP contribution in [0.3, 0.4) is 0 Å². The molecule has 0 unspecified atom stereocenters. The standard InChI is InChI=1S/C11H8ClFN2O/c12-11-6-8(3-4-15-11)16-10-2-1-7(14)5-9(10)13/h1-6H,14H2. The molecule has 3 nitrogen and oxygen atoms in total. The summed E-state index contributed by atoms with van der Waals surface area (Å²) in [5.74, 6) is -0.00641. The number of benzene rings is 1. The van der Waals surface area contributed by atoms with Crippen molar-refractivity contribution in [3.8, 4) is 11.5 Å². The van der Waals surface area contributed by atoms with Gasteiger partial charge in [-0.1, -0.05) is 11.6 Å². The van der Waals surface area contributed by atoms with Crippen LogP contribution >= 0.6 is 11.6 Å². The van der Waals surface area contributed by atoms with E-state index in [2.05, 4.69) is 4.98 Å². The number of aromatic nitrogens is 1. The van der Waals surface area contributed by atoms with Crippen molar-refractivity contribution in [2.75, 3.05) is 5.73 Å². The zero-order chi connectivity index (χ0) is 11.5. The van der Waals surface area contributed by atoms with Crippen LogP contribution in [-0.4, -0.2) is 4.98 Å². The molecule has 2 N–H and O–H groups in total. The summed E-state index contributed by atoms with van der Waals surface area (Å²) in [5, 5.41) is 0.286. The minimum absolute atomic E-state index is 0.0940. The molecule has 0 saturated heterocycles. The fourth-order valence-electron chi connectivity index (χ4n) is 1.18. The van der Waals surface area contributed by atoms with Crippen LogP contribution in [0.15, 0.2) is 36.5 Å². The second-order valence-electron chi connectivity index (χ2n) is 3.11. The molecular weight excluding hydrogens is 231 g/mol. The highest BCUT2D eigenvalue weighted by molar-refractivity contribution is 6.29. The second-order valence-corrected chi connectivity index (χ2v) is 3.49. The maximum Gasteiger partial charge on any atom is 0.167 e. The number of hydrogen-bond acceptors (Lipinski definition) is 3. The zero-order valence-electron chi connectivity index (χ0n) is 8.15. The molecule has 0 aliphatic rings. The van der Waals surface area contributed by atoms with Crippen LogP contribution < -0.4 is 10.5 Å². The van der Waals surface area contributed by atoms with Crippen LogP contribution in [0.1, 0.15) is 0 Å². The largest absolute Gasteiger partial charge is 0.454 e. The van der Waals surface area contributed by atoms with E-state index in [1.54, 1.807) is 12.1 Å². The maximum atomic E-state index is 13.4. The van der Waals surface area contributed by atoms with Gasteiger partial charge in [-0.2, -0.15) is 0 Å². The third kappa shape index (κ3) is 2.41. The van der Waals surface area contributed by atoms with Crippen LogP contribution in [0.4, 0.5) is 10.1 Å². The molecule has 1 heterocycles. The number of nitrogens with zero attached hydrogens (tertiary/aromatic N) is 1. The summed E-state index contributed by atoms with van der Waals surface area (Å²) < 4.78 is 18.7. The van der Waals surface area contributed by atoms with E-state index >= 15 is 0 Å².